The number of rotatable bonds is 3. The number of aryl methyl sites for hydroxylation is 1. The molecule has 0 unspecified atom stereocenters. The molecule has 2 rings (SSSR count). The molecule has 1 aliphatic rings. The summed E-state index contributed by atoms with van der Waals surface area (Å²) in [5.74, 6) is 0.285. The van der Waals surface area contributed by atoms with Crippen LogP contribution in [0.2, 0.25) is 0 Å². The van der Waals surface area contributed by atoms with E-state index in [2.05, 4.69) is 10.1 Å². The Labute approximate surface area is 110 Å². The zero-order valence-corrected chi connectivity index (χ0v) is 11.0. The number of carbonyl (C=O) groups excluding carboxylic acids is 2. The molecule has 1 N–H and O–H groups in total. The summed E-state index contributed by atoms with van der Waals surface area (Å²) in [6.45, 7) is 0. The predicted octanol–water partition coefficient (Wildman–Crippen LogP) is 2.23. The van der Waals surface area contributed by atoms with E-state index < -0.39 is 5.97 Å². The van der Waals surface area contributed by atoms with Gasteiger partial charge in [-0.15, -0.1) is 11.8 Å². The number of ether oxygens (including phenoxy) is 1. The Balaban J connectivity index is 2.01. The zero-order valence-electron chi connectivity index (χ0n) is 10.2. The van der Waals surface area contributed by atoms with Crippen molar-refractivity contribution in [1.82, 2.24) is 0 Å². The van der Waals surface area contributed by atoms with Gasteiger partial charge in [0.2, 0.25) is 5.91 Å². The van der Waals surface area contributed by atoms with Crippen molar-refractivity contribution in [2.45, 2.75) is 24.2 Å². The topological polar surface area (TPSA) is 55.4 Å². The Morgan fingerprint density at radius 2 is 2.28 bits per heavy atom. The molecule has 0 radical (unpaired) electrons. The molecule has 0 saturated heterocycles. The summed E-state index contributed by atoms with van der Waals surface area (Å²) in [4.78, 5) is 23.8. The van der Waals surface area contributed by atoms with Gasteiger partial charge in [-0.25, -0.2) is 0 Å². The molecular weight excluding hydrogens is 250 g/mol. The summed E-state index contributed by atoms with van der Waals surface area (Å²) in [5.41, 5.74) is 2.01. The van der Waals surface area contributed by atoms with Crippen molar-refractivity contribution in [2.75, 3.05) is 18.2 Å². The highest BCUT2D eigenvalue weighted by Crippen LogP contribution is 2.31. The number of nitrogens with one attached hydrogen (secondary N) is 1. The van der Waals surface area contributed by atoms with Gasteiger partial charge in [0.1, 0.15) is 6.42 Å². The molecule has 1 heterocycles. The lowest BCUT2D eigenvalue weighted by molar-refractivity contribution is -0.142. The highest BCUT2D eigenvalue weighted by molar-refractivity contribution is 7.99. The second kappa shape index (κ2) is 5.91. The molecule has 1 aliphatic heterocycles. The van der Waals surface area contributed by atoms with Crippen molar-refractivity contribution >= 4 is 29.3 Å². The number of amides is 1. The van der Waals surface area contributed by atoms with E-state index in [1.54, 1.807) is 0 Å². The van der Waals surface area contributed by atoms with E-state index >= 15 is 0 Å². The number of hydrogen-bond acceptors (Lipinski definition) is 4. The number of carbonyl (C=O) groups is 2. The van der Waals surface area contributed by atoms with Crippen LogP contribution in [0.25, 0.3) is 0 Å². The minimum Gasteiger partial charge on any atom is -0.469 e. The lowest BCUT2D eigenvalue weighted by Gasteiger charge is -2.16. The molecule has 4 nitrogen and oxygen atoms in total. The van der Waals surface area contributed by atoms with Crippen LogP contribution in [0, 0.1) is 0 Å². The van der Waals surface area contributed by atoms with Crippen LogP contribution >= 0.6 is 11.8 Å². The standard InChI is InChI=1S/C13H15NO3S/c1-17-13(16)8-12(15)14-10-4-5-11-9(7-10)3-2-6-18-11/h4-5,7H,2-3,6,8H2,1H3,(H,14,15). The number of benzene rings is 1. The zero-order chi connectivity index (χ0) is 13.0. The summed E-state index contributed by atoms with van der Waals surface area (Å²) in [5, 5.41) is 2.71. The fraction of sp³-hybridized carbons (Fsp3) is 0.385. The van der Waals surface area contributed by atoms with E-state index in [1.807, 2.05) is 30.0 Å². The van der Waals surface area contributed by atoms with Gasteiger partial charge in [-0.05, 0) is 42.4 Å². The number of hydrogen-bond donors (Lipinski definition) is 1. The minimum atomic E-state index is -0.527. The van der Waals surface area contributed by atoms with E-state index in [-0.39, 0.29) is 12.3 Å². The highest BCUT2D eigenvalue weighted by atomic mass is 32.2. The van der Waals surface area contributed by atoms with Crippen molar-refractivity contribution in [3.05, 3.63) is 23.8 Å². The molecule has 96 valence electrons. The minimum absolute atomic E-state index is 0.248. The van der Waals surface area contributed by atoms with Gasteiger partial charge in [0.25, 0.3) is 0 Å². The lowest BCUT2D eigenvalue weighted by Crippen LogP contribution is -2.17. The van der Waals surface area contributed by atoms with Crippen molar-refractivity contribution < 1.29 is 14.3 Å². The maximum Gasteiger partial charge on any atom is 0.315 e. The normalized spacial score (nSPS) is 13.6. The van der Waals surface area contributed by atoms with Gasteiger partial charge in [-0.3, -0.25) is 9.59 Å². The fourth-order valence-corrected chi connectivity index (χ4v) is 2.87. The first-order valence-electron chi connectivity index (χ1n) is 5.81. The summed E-state index contributed by atoms with van der Waals surface area (Å²) in [6.07, 6.45) is 1.96. The van der Waals surface area contributed by atoms with Crippen LogP contribution in [0.5, 0.6) is 0 Å². The van der Waals surface area contributed by atoms with Gasteiger partial charge in [0, 0.05) is 10.6 Å². The second-order valence-corrected chi connectivity index (χ2v) is 5.21. The lowest BCUT2D eigenvalue weighted by atomic mass is 10.1. The Morgan fingerprint density at radius 1 is 1.44 bits per heavy atom. The Kier molecular flexibility index (Phi) is 4.25. The largest absolute Gasteiger partial charge is 0.469 e. The Morgan fingerprint density at radius 3 is 3.06 bits per heavy atom. The van der Waals surface area contributed by atoms with Crippen LogP contribution in [-0.2, 0) is 20.7 Å². The average Bonchev–Trinajstić information content (AvgIpc) is 2.38. The van der Waals surface area contributed by atoms with Gasteiger partial charge >= 0.3 is 5.97 Å². The second-order valence-electron chi connectivity index (χ2n) is 4.08. The van der Waals surface area contributed by atoms with E-state index in [1.165, 1.54) is 17.6 Å². The van der Waals surface area contributed by atoms with Crippen LogP contribution in [0.1, 0.15) is 18.4 Å². The van der Waals surface area contributed by atoms with Crippen molar-refractivity contribution in [1.29, 1.82) is 0 Å². The monoisotopic (exact) mass is 265 g/mol. The summed E-state index contributed by atoms with van der Waals surface area (Å²) in [7, 11) is 1.27. The molecule has 1 amide bonds. The van der Waals surface area contributed by atoms with Crippen LogP contribution < -0.4 is 5.32 Å². The molecule has 0 aromatic heterocycles. The van der Waals surface area contributed by atoms with Crippen LogP contribution in [0.15, 0.2) is 23.1 Å². The highest BCUT2D eigenvalue weighted by Gasteiger charge is 2.13. The first-order chi connectivity index (χ1) is 8.69. The van der Waals surface area contributed by atoms with Crippen molar-refractivity contribution in [3.8, 4) is 0 Å². The molecule has 0 spiro atoms. The molecule has 18 heavy (non-hydrogen) atoms. The van der Waals surface area contributed by atoms with Crippen molar-refractivity contribution in [3.63, 3.8) is 0 Å². The van der Waals surface area contributed by atoms with Crippen molar-refractivity contribution in [2.24, 2.45) is 0 Å². The van der Waals surface area contributed by atoms with Crippen LogP contribution in [-0.4, -0.2) is 24.7 Å². The average molecular weight is 265 g/mol. The number of fused-ring (bicyclic) bond motifs is 1. The molecule has 0 saturated carbocycles. The summed E-state index contributed by atoms with van der Waals surface area (Å²) >= 11 is 1.84. The molecule has 0 aliphatic carbocycles. The first kappa shape index (κ1) is 13.0. The summed E-state index contributed by atoms with van der Waals surface area (Å²) in [6, 6.07) is 5.87. The molecular formula is C13H15NO3S. The van der Waals surface area contributed by atoms with Gasteiger partial charge in [0.05, 0.1) is 7.11 Å². The maximum atomic E-state index is 11.5. The molecule has 0 atom stereocenters. The Hall–Kier alpha value is -1.49. The quantitative estimate of drug-likeness (QED) is 0.672. The predicted molar refractivity (Wildman–Crippen MR) is 70.7 cm³/mol. The number of anilines is 1. The third-order valence-electron chi connectivity index (χ3n) is 2.72. The Bertz CT molecular complexity index is 473. The van der Waals surface area contributed by atoms with E-state index in [9.17, 15) is 9.59 Å². The van der Waals surface area contributed by atoms with Gasteiger partial charge in [-0.1, -0.05) is 0 Å². The van der Waals surface area contributed by atoms with E-state index in [4.69, 9.17) is 0 Å². The third-order valence-corrected chi connectivity index (χ3v) is 3.93. The first-order valence-corrected chi connectivity index (χ1v) is 6.80. The molecule has 5 heteroatoms. The van der Waals surface area contributed by atoms with Gasteiger partial charge in [0.15, 0.2) is 0 Å². The molecule has 1 aromatic carbocycles. The van der Waals surface area contributed by atoms with E-state index in [0.29, 0.717) is 0 Å². The maximum absolute atomic E-state index is 11.5. The molecule has 0 bridgehead atoms. The third kappa shape index (κ3) is 3.26. The van der Waals surface area contributed by atoms with Crippen LogP contribution in [0.4, 0.5) is 5.69 Å². The SMILES string of the molecule is COC(=O)CC(=O)Nc1ccc2c(c1)CCCS2. The smallest absolute Gasteiger partial charge is 0.315 e. The van der Waals surface area contributed by atoms with E-state index in [0.717, 1.165) is 24.3 Å². The number of thioether (sulfide) groups is 1. The molecule has 0 fully saturated rings. The molecule has 1 aromatic rings. The van der Waals surface area contributed by atoms with Gasteiger partial charge in [-0.2, -0.15) is 0 Å². The van der Waals surface area contributed by atoms with Crippen LogP contribution in [0.3, 0.4) is 0 Å². The fourth-order valence-electron chi connectivity index (χ4n) is 1.85. The summed E-state index contributed by atoms with van der Waals surface area (Å²) < 4.78 is 4.45. The van der Waals surface area contributed by atoms with Gasteiger partial charge < -0.3 is 10.1 Å². The number of esters is 1. The number of methoxy groups -OCH3 is 1.